The second-order valence-corrected chi connectivity index (χ2v) is 5.56. The fourth-order valence-corrected chi connectivity index (χ4v) is 1.29. The predicted molar refractivity (Wildman–Crippen MR) is 58.1 cm³/mol. The van der Waals surface area contributed by atoms with Crippen LogP contribution in [0.5, 0.6) is 0 Å². The predicted octanol–water partition coefficient (Wildman–Crippen LogP) is 2.77. The number of aldehydes is 2. The van der Waals surface area contributed by atoms with Crippen LogP contribution in [0.1, 0.15) is 41.5 Å². The molecule has 0 N–H and O–H groups in total. The maximum absolute atomic E-state index is 11.0. The van der Waals surface area contributed by atoms with E-state index in [-0.39, 0.29) is 10.8 Å². The van der Waals surface area contributed by atoms with Crippen molar-refractivity contribution in [3.8, 4) is 0 Å². The van der Waals surface area contributed by atoms with Gasteiger partial charge in [0.15, 0.2) is 0 Å². The summed E-state index contributed by atoms with van der Waals surface area (Å²) in [4.78, 5) is 22.0. The minimum Gasteiger partial charge on any atom is -0.298 e. The molecule has 80 valence electrons. The quantitative estimate of drug-likeness (QED) is 0.502. The van der Waals surface area contributed by atoms with Crippen molar-refractivity contribution in [2.24, 2.45) is 10.8 Å². The molecule has 0 aliphatic heterocycles. The molecular weight excluding hydrogens is 176 g/mol. The van der Waals surface area contributed by atoms with Crippen molar-refractivity contribution in [1.29, 1.82) is 0 Å². The standard InChI is InChI=1S/C12H20O2/c1-11(2,3)9(7-13)10(8-14)12(4,5)6/h7-8H,1-6H3/b10-9+. The summed E-state index contributed by atoms with van der Waals surface area (Å²) in [6.07, 6.45) is 1.60. The van der Waals surface area contributed by atoms with Crippen molar-refractivity contribution < 1.29 is 9.59 Å². The lowest BCUT2D eigenvalue weighted by Gasteiger charge is -2.27. The Labute approximate surface area is 86.4 Å². The molecule has 0 unspecified atom stereocenters. The van der Waals surface area contributed by atoms with Crippen LogP contribution in [0.15, 0.2) is 11.1 Å². The Balaban J connectivity index is 5.60. The molecule has 0 radical (unpaired) electrons. The molecule has 14 heavy (non-hydrogen) atoms. The van der Waals surface area contributed by atoms with E-state index < -0.39 is 0 Å². The highest BCUT2D eigenvalue weighted by molar-refractivity contribution is 5.88. The van der Waals surface area contributed by atoms with E-state index in [9.17, 15) is 9.59 Å². The van der Waals surface area contributed by atoms with Gasteiger partial charge in [-0.25, -0.2) is 0 Å². The van der Waals surface area contributed by atoms with Gasteiger partial charge in [-0.15, -0.1) is 0 Å². The number of carbonyl (C=O) groups is 2. The molecule has 0 fully saturated rings. The van der Waals surface area contributed by atoms with E-state index in [0.717, 1.165) is 12.6 Å². The molecule has 0 saturated carbocycles. The maximum atomic E-state index is 11.0. The Bertz CT molecular complexity index is 231. The first-order chi connectivity index (χ1) is 6.14. The molecule has 0 aliphatic rings. The minimum atomic E-state index is -0.273. The van der Waals surface area contributed by atoms with Crippen molar-refractivity contribution in [2.45, 2.75) is 41.5 Å². The van der Waals surface area contributed by atoms with Crippen LogP contribution in [0.4, 0.5) is 0 Å². The van der Waals surface area contributed by atoms with Gasteiger partial charge in [-0.05, 0) is 10.8 Å². The zero-order valence-corrected chi connectivity index (χ0v) is 9.97. The summed E-state index contributed by atoms with van der Waals surface area (Å²) in [5.41, 5.74) is 0.649. The van der Waals surface area contributed by atoms with Gasteiger partial charge in [0.1, 0.15) is 12.6 Å². The van der Waals surface area contributed by atoms with E-state index in [1.807, 2.05) is 41.5 Å². The first-order valence-electron chi connectivity index (χ1n) is 4.80. The van der Waals surface area contributed by atoms with Gasteiger partial charge in [0, 0.05) is 11.1 Å². The zero-order chi connectivity index (χ0) is 11.6. The van der Waals surface area contributed by atoms with E-state index in [1.54, 1.807) is 0 Å². The third kappa shape index (κ3) is 3.09. The fraction of sp³-hybridized carbons (Fsp3) is 0.667. The average Bonchev–Trinajstić information content (AvgIpc) is 1.94. The van der Waals surface area contributed by atoms with Gasteiger partial charge in [-0.1, -0.05) is 41.5 Å². The summed E-state index contributed by atoms with van der Waals surface area (Å²) < 4.78 is 0. The summed E-state index contributed by atoms with van der Waals surface area (Å²) in [5.74, 6) is 0. The smallest absolute Gasteiger partial charge is 0.146 e. The fourth-order valence-electron chi connectivity index (χ4n) is 1.29. The minimum absolute atomic E-state index is 0.273. The summed E-state index contributed by atoms with van der Waals surface area (Å²) in [6.45, 7) is 11.6. The van der Waals surface area contributed by atoms with Gasteiger partial charge in [-0.3, -0.25) is 9.59 Å². The third-order valence-electron chi connectivity index (χ3n) is 2.14. The number of carbonyl (C=O) groups excluding carboxylic acids is 2. The van der Waals surface area contributed by atoms with Crippen LogP contribution in [-0.2, 0) is 9.59 Å². The van der Waals surface area contributed by atoms with Crippen molar-refractivity contribution >= 4 is 12.6 Å². The first kappa shape index (κ1) is 13.1. The van der Waals surface area contributed by atoms with Crippen LogP contribution < -0.4 is 0 Å². The topological polar surface area (TPSA) is 34.1 Å². The van der Waals surface area contributed by atoms with E-state index in [1.165, 1.54) is 0 Å². The van der Waals surface area contributed by atoms with Crippen LogP contribution >= 0.6 is 0 Å². The molecule has 0 aliphatic carbocycles. The maximum Gasteiger partial charge on any atom is 0.146 e. The lowest BCUT2D eigenvalue weighted by Crippen LogP contribution is -2.21. The molecule has 0 rings (SSSR count). The molecule has 0 heterocycles. The molecule has 0 aromatic rings. The van der Waals surface area contributed by atoms with Crippen LogP contribution in [0, 0.1) is 10.8 Å². The van der Waals surface area contributed by atoms with E-state index in [2.05, 4.69) is 0 Å². The molecular formula is C12H20O2. The normalized spacial score (nSPS) is 14.7. The second kappa shape index (κ2) is 4.07. The molecule has 0 saturated heterocycles. The molecule has 2 heteroatoms. The van der Waals surface area contributed by atoms with Gasteiger partial charge in [0.2, 0.25) is 0 Å². The Morgan fingerprint density at radius 1 is 0.714 bits per heavy atom. The van der Waals surface area contributed by atoms with Crippen molar-refractivity contribution in [2.75, 3.05) is 0 Å². The molecule has 0 aromatic carbocycles. The third-order valence-corrected chi connectivity index (χ3v) is 2.14. The first-order valence-corrected chi connectivity index (χ1v) is 4.80. The highest BCUT2D eigenvalue weighted by atomic mass is 16.1. The number of hydrogen-bond donors (Lipinski definition) is 0. The van der Waals surface area contributed by atoms with Gasteiger partial charge >= 0.3 is 0 Å². The summed E-state index contributed by atoms with van der Waals surface area (Å²) in [5, 5.41) is 0. The Kier molecular flexibility index (Phi) is 3.81. The summed E-state index contributed by atoms with van der Waals surface area (Å²) in [7, 11) is 0. The average molecular weight is 196 g/mol. The SMILES string of the molecule is CC(C)(C)/C(C=O)=C(\C=O)C(C)(C)C. The van der Waals surface area contributed by atoms with Crippen LogP contribution in [-0.4, -0.2) is 12.6 Å². The molecule has 2 nitrogen and oxygen atoms in total. The Morgan fingerprint density at radius 2 is 0.929 bits per heavy atom. The lowest BCUT2D eigenvalue weighted by molar-refractivity contribution is -0.108. The van der Waals surface area contributed by atoms with Gasteiger partial charge in [0.25, 0.3) is 0 Å². The Morgan fingerprint density at radius 3 is 1.00 bits per heavy atom. The number of rotatable bonds is 2. The van der Waals surface area contributed by atoms with E-state index >= 15 is 0 Å². The number of hydrogen-bond acceptors (Lipinski definition) is 2. The second-order valence-electron chi connectivity index (χ2n) is 5.56. The van der Waals surface area contributed by atoms with Gasteiger partial charge < -0.3 is 0 Å². The van der Waals surface area contributed by atoms with Crippen molar-refractivity contribution in [3.05, 3.63) is 11.1 Å². The van der Waals surface area contributed by atoms with E-state index in [0.29, 0.717) is 11.1 Å². The molecule has 0 spiro atoms. The van der Waals surface area contributed by atoms with Crippen molar-refractivity contribution in [3.63, 3.8) is 0 Å². The van der Waals surface area contributed by atoms with Crippen LogP contribution in [0.2, 0.25) is 0 Å². The molecule has 0 amide bonds. The lowest BCUT2D eigenvalue weighted by atomic mass is 9.76. The van der Waals surface area contributed by atoms with Crippen LogP contribution in [0.25, 0.3) is 0 Å². The van der Waals surface area contributed by atoms with Crippen LogP contribution in [0.3, 0.4) is 0 Å². The summed E-state index contributed by atoms with van der Waals surface area (Å²) in [6, 6.07) is 0. The molecule has 0 aromatic heterocycles. The Hall–Kier alpha value is -0.920. The van der Waals surface area contributed by atoms with Gasteiger partial charge in [0.05, 0.1) is 0 Å². The number of allylic oxidation sites excluding steroid dienone is 2. The van der Waals surface area contributed by atoms with Crippen molar-refractivity contribution in [1.82, 2.24) is 0 Å². The van der Waals surface area contributed by atoms with E-state index in [4.69, 9.17) is 0 Å². The molecule has 0 atom stereocenters. The monoisotopic (exact) mass is 196 g/mol. The van der Waals surface area contributed by atoms with Gasteiger partial charge in [-0.2, -0.15) is 0 Å². The largest absolute Gasteiger partial charge is 0.298 e. The molecule has 0 bridgehead atoms. The highest BCUT2D eigenvalue weighted by Crippen LogP contribution is 2.33. The zero-order valence-electron chi connectivity index (χ0n) is 9.97. The summed E-state index contributed by atoms with van der Waals surface area (Å²) >= 11 is 0. The highest BCUT2D eigenvalue weighted by Gasteiger charge is 2.27.